The fraction of sp³-hybridized carbons (Fsp3) is 0.667. The largest absolute Gasteiger partial charge is 1.00 e. The Morgan fingerprint density at radius 2 is 1.89 bits per heavy atom. The van der Waals surface area contributed by atoms with Gasteiger partial charge in [-0.15, -0.1) is 0 Å². The average molecular weight is 440 g/mol. The molecule has 0 radical (unpaired) electrons. The van der Waals surface area contributed by atoms with Gasteiger partial charge in [0, 0.05) is 12.8 Å². The molecular formula is C21H30BrNO4. The van der Waals surface area contributed by atoms with Crippen LogP contribution in [0.1, 0.15) is 44.1 Å². The van der Waals surface area contributed by atoms with Crippen LogP contribution in [0.3, 0.4) is 0 Å². The molecular weight excluding hydrogens is 410 g/mol. The third-order valence-corrected chi connectivity index (χ3v) is 6.79. The Bertz CT molecular complexity index is 637. The molecule has 1 aromatic rings. The molecule has 0 saturated carbocycles. The highest BCUT2D eigenvalue weighted by Crippen LogP contribution is 2.52. The Hall–Kier alpha value is -0.950. The molecule has 3 saturated heterocycles. The van der Waals surface area contributed by atoms with Crippen molar-refractivity contribution >= 4 is 5.97 Å². The number of esters is 1. The number of quaternary nitrogens is 1. The number of aliphatic hydroxyl groups is 1. The zero-order chi connectivity index (χ0) is 18.3. The van der Waals surface area contributed by atoms with Gasteiger partial charge in [0.1, 0.15) is 36.3 Å². The van der Waals surface area contributed by atoms with E-state index in [1.807, 2.05) is 30.3 Å². The fourth-order valence-corrected chi connectivity index (χ4v) is 5.23. The number of fused-ring (bicyclic) bond motifs is 5. The minimum absolute atomic E-state index is 0. The second-order valence-corrected chi connectivity index (χ2v) is 8.30. The molecule has 6 heteroatoms. The summed E-state index contributed by atoms with van der Waals surface area (Å²) in [5.41, 5.74) is 0.813. The second kappa shape index (κ2) is 8.19. The first kappa shape index (κ1) is 20.8. The molecule has 0 aliphatic carbocycles. The number of unbranched alkanes of at least 4 members (excludes halogenated alkanes) is 1. The van der Waals surface area contributed by atoms with E-state index in [0.29, 0.717) is 24.3 Å². The van der Waals surface area contributed by atoms with Crippen LogP contribution in [0.5, 0.6) is 0 Å². The van der Waals surface area contributed by atoms with Gasteiger partial charge in [-0.2, -0.15) is 0 Å². The minimum atomic E-state index is -0.595. The Balaban J connectivity index is 0.00000210. The fourth-order valence-electron chi connectivity index (χ4n) is 5.23. The Labute approximate surface area is 172 Å². The summed E-state index contributed by atoms with van der Waals surface area (Å²) in [5, 5.41) is 9.70. The van der Waals surface area contributed by atoms with E-state index in [9.17, 15) is 9.90 Å². The number of hydrogen-bond donors (Lipinski definition) is 1. The Morgan fingerprint density at radius 1 is 1.26 bits per heavy atom. The molecule has 4 rings (SSSR count). The van der Waals surface area contributed by atoms with E-state index in [-0.39, 0.29) is 35.7 Å². The van der Waals surface area contributed by atoms with E-state index in [1.54, 1.807) is 0 Å². The minimum Gasteiger partial charge on any atom is -1.00 e. The molecule has 0 spiro atoms. The van der Waals surface area contributed by atoms with Crippen LogP contribution >= 0.6 is 0 Å². The van der Waals surface area contributed by atoms with Crippen LogP contribution in [-0.2, 0) is 14.3 Å². The summed E-state index contributed by atoms with van der Waals surface area (Å²) in [4.78, 5) is 12.7. The first-order valence-corrected chi connectivity index (χ1v) is 9.95. The number of morpholine rings is 1. The van der Waals surface area contributed by atoms with Gasteiger partial charge in [-0.3, -0.25) is 4.79 Å². The van der Waals surface area contributed by atoms with E-state index in [4.69, 9.17) is 9.47 Å². The van der Waals surface area contributed by atoms with Crippen LogP contribution in [0.25, 0.3) is 0 Å². The summed E-state index contributed by atoms with van der Waals surface area (Å²) >= 11 is 0. The molecule has 150 valence electrons. The molecule has 5 nitrogen and oxygen atoms in total. The van der Waals surface area contributed by atoms with Crippen LogP contribution in [-0.4, -0.2) is 66.2 Å². The molecule has 7 atom stereocenters. The lowest BCUT2D eigenvalue weighted by Gasteiger charge is -2.48. The SMILES string of the molecule is CCCC[N+]1(C)C2CC(OC(=O)[C@H](CO)c3ccccc3)CC1[C@@H]1O[C@H]21.[Br-]. The van der Waals surface area contributed by atoms with Gasteiger partial charge in [-0.25, -0.2) is 0 Å². The van der Waals surface area contributed by atoms with Crippen LogP contribution in [0.4, 0.5) is 0 Å². The summed E-state index contributed by atoms with van der Waals surface area (Å²) in [7, 11) is 2.36. The molecule has 2 bridgehead atoms. The molecule has 3 heterocycles. The van der Waals surface area contributed by atoms with Gasteiger partial charge >= 0.3 is 5.97 Å². The van der Waals surface area contributed by atoms with Gasteiger partial charge in [0.2, 0.25) is 0 Å². The number of epoxide rings is 1. The van der Waals surface area contributed by atoms with Crippen molar-refractivity contribution in [3.8, 4) is 0 Å². The molecule has 3 fully saturated rings. The maximum Gasteiger partial charge on any atom is 0.316 e. The van der Waals surface area contributed by atoms with E-state index >= 15 is 0 Å². The zero-order valence-corrected chi connectivity index (χ0v) is 17.7. The van der Waals surface area contributed by atoms with Gasteiger partial charge < -0.3 is 36.0 Å². The maximum absolute atomic E-state index is 12.7. The smallest absolute Gasteiger partial charge is 0.316 e. The number of halogens is 1. The first-order chi connectivity index (χ1) is 12.6. The third-order valence-electron chi connectivity index (χ3n) is 6.79. The van der Waals surface area contributed by atoms with Crippen LogP contribution in [0, 0.1) is 0 Å². The highest BCUT2D eigenvalue weighted by atomic mass is 79.9. The van der Waals surface area contributed by atoms with E-state index < -0.39 is 5.92 Å². The predicted molar refractivity (Wildman–Crippen MR) is 97.6 cm³/mol. The summed E-state index contributed by atoms with van der Waals surface area (Å²) in [6, 6.07) is 10.3. The van der Waals surface area contributed by atoms with Crippen molar-refractivity contribution in [1.82, 2.24) is 0 Å². The lowest BCUT2D eigenvalue weighted by Crippen LogP contribution is -3.00. The molecule has 27 heavy (non-hydrogen) atoms. The van der Waals surface area contributed by atoms with E-state index in [0.717, 1.165) is 22.9 Å². The van der Waals surface area contributed by atoms with Gasteiger partial charge in [0.05, 0.1) is 20.2 Å². The zero-order valence-electron chi connectivity index (χ0n) is 16.1. The molecule has 4 unspecified atom stereocenters. The lowest BCUT2D eigenvalue weighted by molar-refractivity contribution is -0.956. The number of aliphatic hydroxyl groups excluding tert-OH is 1. The van der Waals surface area contributed by atoms with Crippen molar-refractivity contribution in [3.63, 3.8) is 0 Å². The molecule has 1 N–H and O–H groups in total. The number of carbonyl (C=O) groups is 1. The van der Waals surface area contributed by atoms with Gasteiger partial charge in [0.15, 0.2) is 0 Å². The number of rotatable bonds is 7. The van der Waals surface area contributed by atoms with E-state index in [2.05, 4.69) is 14.0 Å². The maximum atomic E-state index is 12.7. The highest BCUT2D eigenvalue weighted by Gasteiger charge is 2.71. The summed E-state index contributed by atoms with van der Waals surface area (Å²) in [5.74, 6) is -0.898. The van der Waals surface area contributed by atoms with Crippen molar-refractivity contribution in [1.29, 1.82) is 0 Å². The van der Waals surface area contributed by atoms with Gasteiger partial charge in [-0.1, -0.05) is 43.7 Å². The topological polar surface area (TPSA) is 59.1 Å². The molecule has 1 aromatic carbocycles. The summed E-state index contributed by atoms with van der Waals surface area (Å²) in [6.07, 6.45) is 4.83. The van der Waals surface area contributed by atoms with E-state index in [1.165, 1.54) is 19.4 Å². The van der Waals surface area contributed by atoms with Crippen molar-refractivity contribution in [2.75, 3.05) is 20.2 Å². The molecule has 0 aromatic heterocycles. The van der Waals surface area contributed by atoms with Crippen LogP contribution in [0.2, 0.25) is 0 Å². The highest BCUT2D eigenvalue weighted by molar-refractivity contribution is 5.78. The van der Waals surface area contributed by atoms with Crippen LogP contribution < -0.4 is 17.0 Å². The van der Waals surface area contributed by atoms with Crippen molar-refractivity contribution in [2.45, 2.75) is 68.9 Å². The average Bonchev–Trinajstić information content (AvgIpc) is 3.40. The summed E-state index contributed by atoms with van der Waals surface area (Å²) < 4.78 is 12.9. The lowest BCUT2D eigenvalue weighted by atomic mass is 9.94. The third kappa shape index (κ3) is 3.69. The predicted octanol–water partition coefficient (Wildman–Crippen LogP) is -0.763. The number of nitrogens with zero attached hydrogens (tertiary/aromatic N) is 1. The molecule has 3 aliphatic rings. The number of likely N-dealkylation sites (N-methyl/N-ethyl adjacent to an activating group) is 1. The summed E-state index contributed by atoms with van der Waals surface area (Å²) in [6.45, 7) is 3.20. The normalized spacial score (nSPS) is 37.1. The number of carbonyl (C=O) groups excluding carboxylic acids is 1. The number of ether oxygens (including phenoxy) is 2. The van der Waals surface area contributed by atoms with Crippen LogP contribution in [0.15, 0.2) is 30.3 Å². The van der Waals surface area contributed by atoms with Gasteiger partial charge in [-0.05, 0) is 12.0 Å². The molecule has 0 amide bonds. The number of hydrogen-bond acceptors (Lipinski definition) is 4. The Kier molecular flexibility index (Phi) is 6.31. The Morgan fingerprint density at radius 3 is 2.44 bits per heavy atom. The quantitative estimate of drug-likeness (QED) is 0.344. The first-order valence-electron chi connectivity index (χ1n) is 9.95. The number of benzene rings is 1. The second-order valence-electron chi connectivity index (χ2n) is 8.30. The van der Waals surface area contributed by atoms with Crippen molar-refractivity contribution < 1.29 is 40.8 Å². The van der Waals surface area contributed by atoms with Crippen molar-refractivity contribution in [3.05, 3.63) is 35.9 Å². The van der Waals surface area contributed by atoms with Crippen molar-refractivity contribution in [2.24, 2.45) is 0 Å². The molecule has 3 aliphatic heterocycles. The standard InChI is InChI=1S/C21H30NO4.BrH/c1-3-4-10-22(2)17-11-15(12-18(22)20-19(17)26-20)25-21(24)16(13-23)14-8-6-5-7-9-14;/h5-9,15-20,23H,3-4,10-13H2,1-2H3;1H/q+1;/p-1/t15?,16-,17?,18?,19-,20+,22?;/m1./s1. The monoisotopic (exact) mass is 439 g/mol. The number of piperidine rings is 1. The van der Waals surface area contributed by atoms with Gasteiger partial charge in [0.25, 0.3) is 0 Å².